The molecule has 0 aliphatic heterocycles. The number of anilines is 1. The topological polar surface area (TPSA) is 92.3 Å². The molecule has 1 aromatic carbocycles. The van der Waals surface area contributed by atoms with E-state index in [9.17, 15) is 4.79 Å². The predicted molar refractivity (Wildman–Crippen MR) is 81.7 cm³/mol. The van der Waals surface area contributed by atoms with Gasteiger partial charge in [-0.05, 0) is 12.1 Å². The first-order valence-electron chi connectivity index (χ1n) is 6.37. The highest BCUT2D eigenvalue weighted by atomic mass is 32.1. The van der Waals surface area contributed by atoms with Gasteiger partial charge in [-0.25, -0.2) is 4.52 Å². The number of hydrogen-bond acceptors (Lipinski definition) is 6. The number of carbonyl (C=O) groups excluding carboxylic acids is 1. The fourth-order valence-electron chi connectivity index (χ4n) is 2.02. The smallest absolute Gasteiger partial charge is 0.250 e. The number of nitriles is 1. The van der Waals surface area contributed by atoms with E-state index in [0.717, 1.165) is 17.0 Å². The van der Waals surface area contributed by atoms with Gasteiger partial charge in [0.25, 0.3) is 0 Å². The van der Waals surface area contributed by atoms with Gasteiger partial charge in [-0.2, -0.15) is 10.2 Å². The van der Waals surface area contributed by atoms with Gasteiger partial charge in [0.15, 0.2) is 0 Å². The monoisotopic (exact) mass is 313 g/mol. The molecular weight excluding hydrogens is 302 g/mol. The van der Waals surface area contributed by atoms with Crippen LogP contribution in [-0.2, 0) is 4.79 Å². The number of ether oxygens (including phenoxy) is 1. The van der Waals surface area contributed by atoms with Crippen molar-refractivity contribution in [1.82, 2.24) is 14.6 Å². The molecule has 0 aliphatic carbocycles. The molecule has 1 N–H and O–H groups in total. The fraction of sp³-hybridized carbons (Fsp3) is 0.143. The van der Waals surface area contributed by atoms with E-state index in [-0.39, 0.29) is 12.4 Å². The van der Waals surface area contributed by atoms with Crippen molar-refractivity contribution in [2.45, 2.75) is 6.42 Å². The molecule has 0 spiro atoms. The van der Waals surface area contributed by atoms with Crippen LogP contribution in [0.4, 0.5) is 5.95 Å². The standard InChI is InChI=1S/C14H11N5O2S/c1-21-11-5-3-2-4-9(11)10-8-22-14-17-13(18-19(10)14)16-12(20)6-7-15/h2-5,8H,6H2,1H3,(H,16,18,20). The average Bonchev–Trinajstić information content (AvgIpc) is 3.07. The molecule has 7 nitrogen and oxygen atoms in total. The van der Waals surface area contributed by atoms with Crippen molar-refractivity contribution in [2.24, 2.45) is 0 Å². The van der Waals surface area contributed by atoms with Crippen molar-refractivity contribution >= 4 is 28.2 Å². The number of para-hydroxylation sites is 1. The first kappa shape index (κ1) is 14.0. The van der Waals surface area contributed by atoms with Gasteiger partial charge in [-0.15, -0.1) is 16.4 Å². The molecule has 3 rings (SSSR count). The summed E-state index contributed by atoms with van der Waals surface area (Å²) in [4.78, 5) is 16.3. The highest BCUT2D eigenvalue weighted by molar-refractivity contribution is 7.15. The van der Waals surface area contributed by atoms with Crippen LogP contribution in [0.2, 0.25) is 0 Å². The van der Waals surface area contributed by atoms with Gasteiger partial charge in [0, 0.05) is 10.9 Å². The molecule has 2 heterocycles. The number of nitrogens with zero attached hydrogens (tertiary/aromatic N) is 4. The van der Waals surface area contributed by atoms with Gasteiger partial charge in [0.1, 0.15) is 12.2 Å². The number of amides is 1. The minimum atomic E-state index is -0.431. The molecule has 110 valence electrons. The number of benzene rings is 1. The maximum Gasteiger partial charge on any atom is 0.250 e. The Kier molecular flexibility index (Phi) is 3.72. The van der Waals surface area contributed by atoms with Crippen LogP contribution in [-0.4, -0.2) is 27.6 Å². The minimum Gasteiger partial charge on any atom is -0.496 e. The first-order valence-corrected chi connectivity index (χ1v) is 7.25. The Bertz CT molecular complexity index is 877. The van der Waals surface area contributed by atoms with Crippen LogP contribution in [0.1, 0.15) is 6.42 Å². The number of rotatable bonds is 4. The summed E-state index contributed by atoms with van der Waals surface area (Å²) in [6, 6.07) is 9.37. The Morgan fingerprint density at radius 3 is 3.09 bits per heavy atom. The van der Waals surface area contributed by atoms with E-state index in [0.29, 0.717) is 4.96 Å². The summed E-state index contributed by atoms with van der Waals surface area (Å²) in [6.07, 6.45) is -0.230. The molecule has 0 saturated heterocycles. The number of fused-ring (bicyclic) bond motifs is 1. The molecular formula is C14H11N5O2S. The summed E-state index contributed by atoms with van der Waals surface area (Å²) in [6.45, 7) is 0. The van der Waals surface area contributed by atoms with Crippen molar-refractivity contribution in [2.75, 3.05) is 12.4 Å². The quantitative estimate of drug-likeness (QED) is 0.798. The minimum absolute atomic E-state index is 0.184. The maximum atomic E-state index is 11.4. The third-order valence-corrected chi connectivity index (χ3v) is 3.77. The highest BCUT2D eigenvalue weighted by Gasteiger charge is 2.15. The van der Waals surface area contributed by atoms with E-state index in [2.05, 4.69) is 15.4 Å². The molecule has 8 heteroatoms. The van der Waals surface area contributed by atoms with Gasteiger partial charge in [0.05, 0.1) is 18.9 Å². The third kappa shape index (κ3) is 2.49. The number of carbonyl (C=O) groups is 1. The van der Waals surface area contributed by atoms with Crippen LogP contribution in [0.15, 0.2) is 29.6 Å². The molecule has 0 atom stereocenters. The molecule has 22 heavy (non-hydrogen) atoms. The number of hydrogen-bond donors (Lipinski definition) is 1. The second kappa shape index (κ2) is 5.83. The Labute approximate surface area is 129 Å². The van der Waals surface area contributed by atoms with Crippen molar-refractivity contribution in [3.8, 4) is 23.1 Å². The number of nitrogens with one attached hydrogen (secondary N) is 1. The summed E-state index contributed by atoms with van der Waals surface area (Å²) >= 11 is 1.41. The number of methoxy groups -OCH3 is 1. The van der Waals surface area contributed by atoms with Gasteiger partial charge in [-0.3, -0.25) is 10.1 Å². The Hall–Kier alpha value is -2.92. The van der Waals surface area contributed by atoms with E-state index in [4.69, 9.17) is 10.00 Å². The Morgan fingerprint density at radius 1 is 1.50 bits per heavy atom. The van der Waals surface area contributed by atoms with Crippen molar-refractivity contribution in [3.05, 3.63) is 29.6 Å². The average molecular weight is 313 g/mol. The Morgan fingerprint density at radius 2 is 2.32 bits per heavy atom. The largest absolute Gasteiger partial charge is 0.496 e. The van der Waals surface area contributed by atoms with Crippen LogP contribution in [0.5, 0.6) is 5.75 Å². The van der Waals surface area contributed by atoms with Gasteiger partial charge in [0.2, 0.25) is 16.8 Å². The summed E-state index contributed by atoms with van der Waals surface area (Å²) in [5.41, 5.74) is 1.71. The maximum absolute atomic E-state index is 11.4. The fourth-order valence-corrected chi connectivity index (χ4v) is 2.84. The number of aromatic nitrogens is 3. The molecule has 0 unspecified atom stereocenters. The second-order valence-corrected chi connectivity index (χ2v) is 5.17. The van der Waals surface area contributed by atoms with Gasteiger partial charge in [-0.1, -0.05) is 12.1 Å². The lowest BCUT2D eigenvalue weighted by Gasteiger charge is -2.06. The molecule has 1 amide bonds. The molecule has 0 radical (unpaired) electrons. The molecule has 0 saturated carbocycles. The number of thiazole rings is 1. The zero-order valence-electron chi connectivity index (χ0n) is 11.6. The molecule has 0 bridgehead atoms. The summed E-state index contributed by atoms with van der Waals surface area (Å²) in [7, 11) is 1.61. The highest BCUT2D eigenvalue weighted by Crippen LogP contribution is 2.32. The lowest BCUT2D eigenvalue weighted by molar-refractivity contribution is -0.115. The SMILES string of the molecule is COc1ccccc1-c1csc2nc(NC(=O)CC#N)nn12. The van der Waals surface area contributed by atoms with Crippen LogP contribution in [0, 0.1) is 11.3 Å². The Balaban J connectivity index is 2.00. The van der Waals surface area contributed by atoms with E-state index in [1.54, 1.807) is 17.7 Å². The first-order chi connectivity index (χ1) is 10.7. The zero-order chi connectivity index (χ0) is 15.5. The van der Waals surface area contributed by atoms with Crippen LogP contribution < -0.4 is 10.1 Å². The molecule has 0 aliphatic rings. The molecule has 3 aromatic rings. The van der Waals surface area contributed by atoms with Gasteiger partial charge >= 0.3 is 0 Å². The van der Waals surface area contributed by atoms with E-state index in [1.165, 1.54) is 11.3 Å². The summed E-state index contributed by atoms with van der Waals surface area (Å²) in [5.74, 6) is 0.482. The zero-order valence-corrected chi connectivity index (χ0v) is 12.4. The van der Waals surface area contributed by atoms with E-state index in [1.807, 2.05) is 29.6 Å². The van der Waals surface area contributed by atoms with E-state index >= 15 is 0 Å². The van der Waals surface area contributed by atoms with Crippen LogP contribution in [0.25, 0.3) is 16.2 Å². The van der Waals surface area contributed by atoms with Crippen molar-refractivity contribution < 1.29 is 9.53 Å². The molecule has 2 aromatic heterocycles. The van der Waals surface area contributed by atoms with Crippen LogP contribution in [0.3, 0.4) is 0 Å². The third-order valence-electron chi connectivity index (χ3n) is 2.96. The van der Waals surface area contributed by atoms with Crippen molar-refractivity contribution in [1.29, 1.82) is 5.26 Å². The summed E-state index contributed by atoms with van der Waals surface area (Å²) < 4.78 is 7.00. The second-order valence-electron chi connectivity index (χ2n) is 4.33. The van der Waals surface area contributed by atoms with Crippen LogP contribution >= 0.6 is 11.3 Å². The lowest BCUT2D eigenvalue weighted by Crippen LogP contribution is -2.11. The van der Waals surface area contributed by atoms with Gasteiger partial charge < -0.3 is 4.74 Å². The van der Waals surface area contributed by atoms with Crippen molar-refractivity contribution in [3.63, 3.8) is 0 Å². The normalized spacial score (nSPS) is 10.4. The van der Waals surface area contributed by atoms with E-state index < -0.39 is 5.91 Å². The predicted octanol–water partition coefficient (Wildman–Crippen LogP) is 2.32. The lowest BCUT2D eigenvalue weighted by atomic mass is 10.1. The molecule has 0 fully saturated rings. The summed E-state index contributed by atoms with van der Waals surface area (Å²) in [5, 5.41) is 17.2.